The topological polar surface area (TPSA) is 64.3 Å². The van der Waals surface area contributed by atoms with Crippen molar-refractivity contribution in [3.8, 4) is 0 Å². The number of hydrogen-bond acceptors (Lipinski definition) is 2. The van der Waals surface area contributed by atoms with Gasteiger partial charge in [-0.3, -0.25) is 0 Å². The zero-order valence-electron chi connectivity index (χ0n) is 15.2. The van der Waals surface area contributed by atoms with Crippen LogP contribution in [-0.4, -0.2) is 37.1 Å². The number of nitrogens with one attached hydrogen (secondary N) is 1. The summed E-state index contributed by atoms with van der Waals surface area (Å²) in [6.45, 7) is 8.60. The van der Waals surface area contributed by atoms with Gasteiger partial charge in [-0.25, -0.2) is 0 Å². The zero-order valence-corrected chi connectivity index (χ0v) is 19.4. The first kappa shape index (κ1) is 39.3. The van der Waals surface area contributed by atoms with Crippen LogP contribution in [0, 0.1) is 14.4 Å². The molecule has 2 radical (unpaired) electrons. The van der Waals surface area contributed by atoms with E-state index in [2.05, 4.69) is 57.0 Å². The Morgan fingerprint density at radius 2 is 1.46 bits per heavy atom. The van der Waals surface area contributed by atoms with Gasteiger partial charge in [0, 0.05) is 7.11 Å². The molecule has 0 aromatic heterocycles. The Kier molecular flexibility index (Phi) is 46.0. The van der Waals surface area contributed by atoms with Gasteiger partial charge in [0.1, 0.15) is 0 Å². The van der Waals surface area contributed by atoms with Crippen molar-refractivity contribution in [2.45, 2.75) is 26.3 Å². The van der Waals surface area contributed by atoms with Crippen LogP contribution in [0.3, 0.4) is 0 Å². The van der Waals surface area contributed by atoms with Crippen molar-refractivity contribution in [3.63, 3.8) is 0 Å². The van der Waals surface area contributed by atoms with E-state index in [-0.39, 0.29) is 44.4 Å². The van der Waals surface area contributed by atoms with E-state index in [1.54, 1.807) is 19.2 Å². The van der Waals surface area contributed by atoms with Crippen molar-refractivity contribution in [2.75, 3.05) is 13.7 Å². The molecule has 0 fully saturated rings. The van der Waals surface area contributed by atoms with Gasteiger partial charge < -0.3 is 30.3 Å². The first-order valence-corrected chi connectivity index (χ1v) is 9.18. The second kappa shape index (κ2) is 28.0. The van der Waals surface area contributed by atoms with Crippen LogP contribution in [0.2, 0.25) is 0 Å². The molecule has 0 heterocycles. The van der Waals surface area contributed by atoms with Crippen molar-refractivity contribution in [3.05, 3.63) is 62.5 Å². The fourth-order valence-electron chi connectivity index (χ4n) is 1.07. The third kappa shape index (κ3) is 33.7. The van der Waals surface area contributed by atoms with E-state index in [1.165, 1.54) is 10.8 Å². The van der Waals surface area contributed by atoms with Crippen LogP contribution in [0.25, 0.3) is 16.5 Å². The second-order valence-electron chi connectivity index (χ2n) is 4.63. The summed E-state index contributed by atoms with van der Waals surface area (Å²) >= 11 is 1.81. The summed E-state index contributed by atoms with van der Waals surface area (Å²) in [5.74, 6) is 0. The summed E-state index contributed by atoms with van der Waals surface area (Å²) in [7, 11) is 3.97. The molecule has 0 spiro atoms. The first-order valence-electron chi connectivity index (χ1n) is 6.33. The van der Waals surface area contributed by atoms with Crippen LogP contribution in [-0.2, 0) is 19.2 Å². The van der Waals surface area contributed by atoms with Gasteiger partial charge in [0.15, 0.2) is 0 Å². The molecule has 0 aliphatic heterocycles. The van der Waals surface area contributed by atoms with Gasteiger partial charge in [0.25, 0.3) is 0 Å². The standard InChI is InChI=1S/C9H7.C4H10N.C2H5O.CH4O.CH3.2ClH.Si.Ti/c1-2-5-9-7-3-6-8(9)4-1;1-4(2,3)5;1-2-3;1-2;;;;;/h1-7H;5H,1-3H3;3H,1-2H2;2H,1H3;1H3;2*1H;;/q3*-1;;-1;;;;. The maximum atomic E-state index is 7.46. The second-order valence-corrected chi connectivity index (χ2v) is 4.63. The molecule has 0 amide bonds. The number of halogens is 2. The van der Waals surface area contributed by atoms with Crippen LogP contribution in [0.4, 0.5) is 0 Å². The largest absolute Gasteiger partial charge is 0.168 e. The van der Waals surface area contributed by atoms with Crippen molar-refractivity contribution >= 4 is 43.2 Å². The van der Waals surface area contributed by atoms with E-state index in [4.69, 9.17) is 15.9 Å². The monoisotopic (exact) mass is 427 g/mol. The van der Waals surface area contributed by atoms with Crippen LogP contribution in [0.1, 0.15) is 20.8 Å². The molecule has 24 heavy (non-hydrogen) atoms. The Balaban J connectivity index is -0.0000000479. The minimum atomic E-state index is -0.250. The fourth-order valence-corrected chi connectivity index (χ4v) is 1.07. The van der Waals surface area contributed by atoms with Gasteiger partial charge in [-0.1, -0.05) is 33.4 Å². The van der Waals surface area contributed by atoms with Crippen LogP contribution >= 0.6 is 24.8 Å². The molecule has 0 unspecified atom stereocenters. The number of aliphatic hydroxyl groups excluding tert-OH is 2. The van der Waals surface area contributed by atoms with Gasteiger partial charge in [-0.05, 0) is 0 Å². The van der Waals surface area contributed by atoms with Crippen LogP contribution in [0.5, 0.6) is 0 Å². The molecule has 3 nitrogen and oxygen atoms in total. The Labute approximate surface area is 174 Å². The smallest absolute Gasteiger partial charge is 0.0809 e. The fraction of sp³-hybridized carbons (Fsp3) is 0.353. The van der Waals surface area contributed by atoms with E-state index < -0.39 is 0 Å². The van der Waals surface area contributed by atoms with Crippen LogP contribution < -0.4 is 0 Å². The Bertz CT molecular complexity index is 401. The Morgan fingerprint density at radius 3 is 1.79 bits per heavy atom. The van der Waals surface area contributed by atoms with Crippen molar-refractivity contribution in [1.29, 1.82) is 0 Å². The Morgan fingerprint density at radius 1 is 1.12 bits per heavy atom. The average Bonchev–Trinajstić information content (AvgIpc) is 2.91. The molecule has 2 aromatic carbocycles. The minimum absolute atomic E-state index is 0. The predicted octanol–water partition coefficient (Wildman–Crippen LogP) is 4.73. The number of rotatable bonds is 0. The maximum Gasteiger partial charge on any atom is -0.0809 e. The van der Waals surface area contributed by atoms with Crippen molar-refractivity contribution < 1.29 is 29.4 Å². The molecule has 3 N–H and O–H groups in total. The summed E-state index contributed by atoms with van der Waals surface area (Å²) in [5, 5.41) is 17.1. The number of hydrogen-bond donors (Lipinski definition) is 2. The predicted molar refractivity (Wildman–Crippen MR) is 111 cm³/mol. The summed E-state index contributed by atoms with van der Waals surface area (Å²) in [6, 6.07) is 14.7. The molecular weight excluding hydrogens is 397 g/mol. The molecular formula is C17H31Cl2NO2SiTi-4. The molecule has 0 aliphatic rings. The summed E-state index contributed by atoms with van der Waals surface area (Å²) in [6.07, 6.45) is 0. The average molecular weight is 428 g/mol. The quantitative estimate of drug-likeness (QED) is 0.471. The minimum Gasteiger partial charge on any atom is -0.168 e. The van der Waals surface area contributed by atoms with Gasteiger partial charge in [-0.2, -0.15) is 17.5 Å². The van der Waals surface area contributed by atoms with Gasteiger partial charge in [0.05, 0.1) is 0 Å². The summed E-state index contributed by atoms with van der Waals surface area (Å²) < 4.78 is 0. The molecule has 0 atom stereocenters. The molecule has 0 aliphatic carbocycles. The first-order chi connectivity index (χ1) is 9.88. The zero-order chi connectivity index (χ0) is 17.3. The molecule has 2 rings (SSSR count). The van der Waals surface area contributed by atoms with E-state index in [0.29, 0.717) is 0 Å². The van der Waals surface area contributed by atoms with Crippen LogP contribution in [0.15, 0.2) is 42.5 Å². The number of fused-ring (bicyclic) bond motifs is 1. The van der Waals surface area contributed by atoms with Gasteiger partial charge in [0.2, 0.25) is 0 Å². The third-order valence-electron chi connectivity index (χ3n) is 1.55. The number of aliphatic hydroxyl groups is 2. The summed E-state index contributed by atoms with van der Waals surface area (Å²) in [4.78, 5) is 0. The maximum absolute atomic E-state index is 7.46. The van der Waals surface area contributed by atoms with Gasteiger partial charge >= 0.3 is 26.8 Å². The summed E-state index contributed by atoms with van der Waals surface area (Å²) in [5.41, 5.74) is 6.69. The molecule has 142 valence electrons. The molecule has 2 aromatic rings. The normalized spacial score (nSPS) is 7.46. The Hall–Kier alpha value is 0.221. The molecule has 0 saturated heterocycles. The molecule has 0 bridgehead atoms. The SMILES string of the molecule is CC(C)(C)[NH-].CO.Cl.Cl.[CH2-]CO.[CH3-].[Si]=[Ti].c1ccc2[cH-]ccc2c1. The third-order valence-corrected chi connectivity index (χ3v) is 1.55. The molecule has 0 saturated carbocycles. The van der Waals surface area contributed by atoms with Crippen molar-refractivity contribution in [2.24, 2.45) is 0 Å². The van der Waals surface area contributed by atoms with E-state index in [9.17, 15) is 0 Å². The number of benzene rings is 1. The van der Waals surface area contributed by atoms with E-state index in [1.807, 2.05) is 20.8 Å². The van der Waals surface area contributed by atoms with Crippen molar-refractivity contribution in [1.82, 2.24) is 0 Å². The van der Waals surface area contributed by atoms with Gasteiger partial charge in [-0.15, -0.1) is 60.0 Å². The van der Waals surface area contributed by atoms with E-state index >= 15 is 0 Å². The van der Waals surface area contributed by atoms with E-state index in [0.717, 1.165) is 7.11 Å². The molecule has 7 heteroatoms.